The second-order valence-corrected chi connectivity index (χ2v) is 10.9. The zero-order valence-electron chi connectivity index (χ0n) is 24.7. The predicted molar refractivity (Wildman–Crippen MR) is 167 cm³/mol. The number of ether oxygens (including phenoxy) is 2. The molecule has 1 unspecified atom stereocenters. The Labute approximate surface area is 247 Å². The van der Waals surface area contributed by atoms with Gasteiger partial charge in [0.05, 0.1) is 11.4 Å². The number of hydrogen-bond acceptors (Lipinski definition) is 4. The van der Waals surface area contributed by atoms with E-state index in [2.05, 4.69) is 13.8 Å². The van der Waals surface area contributed by atoms with Gasteiger partial charge in [-0.2, -0.15) is 0 Å². The highest BCUT2D eigenvalue weighted by Gasteiger charge is 2.25. The summed E-state index contributed by atoms with van der Waals surface area (Å²) in [7, 11) is 0. The van der Waals surface area contributed by atoms with E-state index in [9.17, 15) is 9.59 Å². The molecule has 0 bridgehead atoms. The molecule has 4 aromatic carbocycles. The summed E-state index contributed by atoms with van der Waals surface area (Å²) in [4.78, 5) is 27.2. The summed E-state index contributed by atoms with van der Waals surface area (Å²) in [6.45, 7) is 8.80. The lowest BCUT2D eigenvalue weighted by Crippen LogP contribution is -2.16. The number of aryl methyl sites for hydroxylation is 1. The zero-order chi connectivity index (χ0) is 29.6. The SMILES string of the molecule is CCC(C(=O)OCc1ccccc1)c1cccc2c1cc(C)n2C(=O)c1ccc(OCc2ccccc2)c(C(C)C)c1. The number of nitrogens with zero attached hydrogens (tertiary/aromatic N) is 1. The van der Waals surface area contributed by atoms with Gasteiger partial charge in [-0.05, 0) is 71.8 Å². The summed E-state index contributed by atoms with van der Waals surface area (Å²) in [5, 5.41) is 0.888. The number of hydrogen-bond donors (Lipinski definition) is 0. The van der Waals surface area contributed by atoms with Crippen LogP contribution in [0.15, 0.2) is 103 Å². The molecule has 42 heavy (non-hydrogen) atoms. The fourth-order valence-electron chi connectivity index (χ4n) is 5.43. The first-order valence-electron chi connectivity index (χ1n) is 14.5. The number of benzene rings is 4. The topological polar surface area (TPSA) is 57.5 Å². The van der Waals surface area contributed by atoms with E-state index in [0.29, 0.717) is 18.6 Å². The molecule has 0 fully saturated rings. The standard InChI is InChI=1S/C37H37NO4/c1-5-30(37(40)42-24-28-15-10-7-11-16-28)31-17-12-18-34-33(31)21-26(4)38(34)36(39)29-19-20-35(32(22-29)25(2)3)41-23-27-13-8-6-9-14-27/h6-22,25,30H,5,23-24H2,1-4H3. The van der Waals surface area contributed by atoms with Crippen LogP contribution >= 0.6 is 0 Å². The van der Waals surface area contributed by atoms with Gasteiger partial charge < -0.3 is 9.47 Å². The third-order valence-corrected chi connectivity index (χ3v) is 7.67. The first-order valence-corrected chi connectivity index (χ1v) is 14.5. The monoisotopic (exact) mass is 559 g/mol. The first kappa shape index (κ1) is 28.9. The van der Waals surface area contributed by atoms with E-state index < -0.39 is 5.92 Å². The molecule has 0 N–H and O–H groups in total. The van der Waals surface area contributed by atoms with Gasteiger partial charge in [-0.1, -0.05) is 93.6 Å². The van der Waals surface area contributed by atoms with E-state index in [1.807, 2.05) is 117 Å². The molecule has 5 rings (SSSR count). The molecule has 0 aliphatic rings. The average molecular weight is 560 g/mol. The van der Waals surface area contributed by atoms with Crippen molar-refractivity contribution < 1.29 is 19.1 Å². The fraction of sp³-hybridized carbons (Fsp3) is 0.243. The number of aromatic nitrogens is 1. The summed E-state index contributed by atoms with van der Waals surface area (Å²) in [5.74, 6) is 0.136. The van der Waals surface area contributed by atoms with E-state index in [0.717, 1.165) is 44.6 Å². The lowest BCUT2D eigenvalue weighted by Gasteiger charge is -2.17. The van der Waals surface area contributed by atoms with Gasteiger partial charge in [0, 0.05) is 16.6 Å². The molecule has 0 aliphatic carbocycles. The number of esters is 1. The molecule has 0 spiro atoms. The quantitative estimate of drug-likeness (QED) is 0.161. The maximum Gasteiger partial charge on any atom is 0.313 e. The molecular formula is C37H37NO4. The van der Waals surface area contributed by atoms with Crippen molar-refractivity contribution in [3.8, 4) is 5.75 Å². The summed E-state index contributed by atoms with van der Waals surface area (Å²) < 4.78 is 13.6. The highest BCUT2D eigenvalue weighted by molar-refractivity contribution is 6.04. The van der Waals surface area contributed by atoms with Crippen LogP contribution in [-0.2, 0) is 22.7 Å². The molecule has 1 aromatic heterocycles. The first-order chi connectivity index (χ1) is 20.4. The Hall–Kier alpha value is -4.64. The van der Waals surface area contributed by atoms with Crippen molar-refractivity contribution in [2.24, 2.45) is 0 Å². The van der Waals surface area contributed by atoms with Gasteiger partial charge in [-0.15, -0.1) is 0 Å². The van der Waals surface area contributed by atoms with Crippen LogP contribution in [0.25, 0.3) is 10.9 Å². The minimum Gasteiger partial charge on any atom is -0.489 e. The lowest BCUT2D eigenvalue weighted by molar-refractivity contribution is -0.146. The molecule has 5 nitrogen and oxygen atoms in total. The Kier molecular flexibility index (Phi) is 8.87. The number of fused-ring (bicyclic) bond motifs is 1. The van der Waals surface area contributed by atoms with Gasteiger partial charge in [0.1, 0.15) is 19.0 Å². The van der Waals surface area contributed by atoms with E-state index in [4.69, 9.17) is 9.47 Å². The van der Waals surface area contributed by atoms with Crippen LogP contribution in [0.4, 0.5) is 0 Å². The van der Waals surface area contributed by atoms with Crippen LogP contribution < -0.4 is 4.74 Å². The van der Waals surface area contributed by atoms with Crippen LogP contribution in [0.2, 0.25) is 0 Å². The van der Waals surface area contributed by atoms with Crippen molar-refractivity contribution in [1.29, 1.82) is 0 Å². The van der Waals surface area contributed by atoms with E-state index in [-0.39, 0.29) is 24.4 Å². The second-order valence-electron chi connectivity index (χ2n) is 10.9. The highest BCUT2D eigenvalue weighted by Crippen LogP contribution is 2.33. The number of carbonyl (C=O) groups excluding carboxylic acids is 2. The summed E-state index contributed by atoms with van der Waals surface area (Å²) >= 11 is 0. The van der Waals surface area contributed by atoms with Gasteiger partial charge in [-0.3, -0.25) is 14.2 Å². The Morgan fingerprint density at radius 2 is 1.43 bits per heavy atom. The maximum atomic E-state index is 14.0. The molecule has 0 saturated carbocycles. The van der Waals surface area contributed by atoms with Gasteiger partial charge in [0.25, 0.3) is 5.91 Å². The third-order valence-electron chi connectivity index (χ3n) is 7.67. The van der Waals surface area contributed by atoms with Gasteiger partial charge in [0.2, 0.25) is 0 Å². The Morgan fingerprint density at radius 1 is 0.762 bits per heavy atom. The molecule has 0 radical (unpaired) electrons. The Morgan fingerprint density at radius 3 is 2.07 bits per heavy atom. The van der Waals surface area contributed by atoms with Crippen LogP contribution in [0.3, 0.4) is 0 Å². The second kappa shape index (κ2) is 12.9. The lowest BCUT2D eigenvalue weighted by atomic mass is 9.93. The highest BCUT2D eigenvalue weighted by atomic mass is 16.5. The van der Waals surface area contributed by atoms with Gasteiger partial charge >= 0.3 is 5.97 Å². The van der Waals surface area contributed by atoms with Crippen molar-refractivity contribution in [1.82, 2.24) is 4.57 Å². The van der Waals surface area contributed by atoms with Gasteiger partial charge in [0.15, 0.2) is 0 Å². The summed E-state index contributed by atoms with van der Waals surface area (Å²) in [6.07, 6.45) is 0.590. The fourth-order valence-corrected chi connectivity index (χ4v) is 5.43. The minimum absolute atomic E-state index is 0.115. The van der Waals surface area contributed by atoms with Crippen molar-refractivity contribution in [3.63, 3.8) is 0 Å². The average Bonchev–Trinajstić information content (AvgIpc) is 3.36. The molecule has 5 heteroatoms. The van der Waals surface area contributed by atoms with Crippen molar-refractivity contribution in [2.45, 2.75) is 59.2 Å². The van der Waals surface area contributed by atoms with Crippen LogP contribution in [-0.4, -0.2) is 16.4 Å². The molecular weight excluding hydrogens is 522 g/mol. The molecule has 1 heterocycles. The molecule has 1 atom stereocenters. The van der Waals surface area contributed by atoms with E-state index in [1.165, 1.54) is 0 Å². The Balaban J connectivity index is 1.42. The van der Waals surface area contributed by atoms with Crippen LogP contribution in [0.1, 0.15) is 77.3 Å². The smallest absolute Gasteiger partial charge is 0.313 e. The molecule has 214 valence electrons. The summed E-state index contributed by atoms with van der Waals surface area (Å²) in [5.41, 5.74) is 6.07. The largest absolute Gasteiger partial charge is 0.489 e. The van der Waals surface area contributed by atoms with Crippen LogP contribution in [0, 0.1) is 6.92 Å². The summed E-state index contributed by atoms with van der Waals surface area (Å²) in [6, 6.07) is 33.2. The molecule has 0 aliphatic heterocycles. The Bertz CT molecular complexity index is 1690. The van der Waals surface area contributed by atoms with E-state index >= 15 is 0 Å². The van der Waals surface area contributed by atoms with Crippen LogP contribution in [0.5, 0.6) is 5.75 Å². The van der Waals surface area contributed by atoms with Crippen molar-refractivity contribution in [3.05, 3.63) is 137 Å². The molecule has 5 aromatic rings. The number of rotatable bonds is 10. The predicted octanol–water partition coefficient (Wildman–Crippen LogP) is 8.58. The minimum atomic E-state index is -0.434. The van der Waals surface area contributed by atoms with E-state index in [1.54, 1.807) is 4.57 Å². The van der Waals surface area contributed by atoms with Crippen molar-refractivity contribution in [2.75, 3.05) is 0 Å². The normalized spacial score (nSPS) is 11.9. The maximum absolute atomic E-state index is 14.0. The molecule has 0 saturated heterocycles. The number of carbonyl (C=O) groups is 2. The van der Waals surface area contributed by atoms with Gasteiger partial charge in [-0.25, -0.2) is 0 Å². The zero-order valence-corrected chi connectivity index (χ0v) is 24.7. The molecule has 0 amide bonds. The third kappa shape index (κ3) is 6.15. The van der Waals surface area contributed by atoms with Crippen molar-refractivity contribution >= 4 is 22.8 Å².